The molecule has 4 nitrogen and oxygen atoms in total. The first kappa shape index (κ1) is 20.2. The van der Waals surface area contributed by atoms with Crippen LogP contribution in [-0.4, -0.2) is 28.8 Å². The Labute approximate surface area is 146 Å². The lowest BCUT2D eigenvalue weighted by molar-refractivity contribution is -0.141. The summed E-state index contributed by atoms with van der Waals surface area (Å²) >= 11 is 0. The normalized spacial score (nSPS) is 13.2. The molecule has 0 spiro atoms. The number of hydrogen-bond donors (Lipinski definition) is 1. The van der Waals surface area contributed by atoms with Crippen LogP contribution in [0.5, 0.6) is 0 Å². The summed E-state index contributed by atoms with van der Waals surface area (Å²) in [4.78, 5) is 27.0. The maximum atomic E-state index is 12.6. The summed E-state index contributed by atoms with van der Waals surface area (Å²) < 4.78 is 0. The van der Waals surface area contributed by atoms with Gasteiger partial charge in [-0.25, -0.2) is 0 Å². The fraction of sp³-hybridized carbons (Fsp3) is 0.600. The van der Waals surface area contributed by atoms with Gasteiger partial charge in [-0.3, -0.25) is 9.59 Å². The molecule has 2 atom stereocenters. The number of carbonyl (C=O) groups is 2. The minimum Gasteiger partial charge on any atom is -0.352 e. The molecule has 1 N–H and O–H groups in total. The molecule has 0 heterocycles. The molecule has 2 amide bonds. The van der Waals surface area contributed by atoms with Crippen LogP contribution in [-0.2, 0) is 16.1 Å². The first-order chi connectivity index (χ1) is 11.4. The van der Waals surface area contributed by atoms with E-state index < -0.39 is 6.04 Å². The van der Waals surface area contributed by atoms with Crippen LogP contribution in [0.1, 0.15) is 64.5 Å². The summed E-state index contributed by atoms with van der Waals surface area (Å²) in [6, 6.07) is 7.82. The van der Waals surface area contributed by atoms with E-state index in [-0.39, 0.29) is 17.9 Å². The Bertz CT molecular complexity index is 542. The largest absolute Gasteiger partial charge is 0.352 e. The first-order valence-corrected chi connectivity index (χ1v) is 9.08. The predicted octanol–water partition coefficient (Wildman–Crippen LogP) is 3.82. The average molecular weight is 332 g/mol. The van der Waals surface area contributed by atoms with Crippen molar-refractivity contribution in [1.82, 2.24) is 10.2 Å². The van der Waals surface area contributed by atoms with E-state index in [0.29, 0.717) is 19.4 Å². The summed E-state index contributed by atoms with van der Waals surface area (Å²) in [5, 5.41) is 3.02. The molecule has 4 heteroatoms. The van der Waals surface area contributed by atoms with Crippen molar-refractivity contribution in [2.75, 3.05) is 0 Å². The van der Waals surface area contributed by atoms with Crippen LogP contribution in [0.2, 0.25) is 0 Å². The SMILES string of the molecule is CCCC(=O)N(Cc1cccc(C)c1)[C@H](CC)C(=O)N[C@H](C)CC. The standard InChI is InChI=1S/C20H32N2O2/c1-6-10-19(23)22(14-17-12-9-11-15(4)13-17)18(8-3)20(24)21-16(5)7-2/h9,11-13,16,18H,6-8,10,14H2,1-5H3,(H,21,24)/t16-,18-/m1/s1. The Morgan fingerprint density at radius 3 is 2.42 bits per heavy atom. The third-order valence-electron chi connectivity index (χ3n) is 4.29. The van der Waals surface area contributed by atoms with Crippen molar-refractivity contribution in [3.8, 4) is 0 Å². The Hall–Kier alpha value is -1.84. The maximum absolute atomic E-state index is 12.6. The van der Waals surface area contributed by atoms with Gasteiger partial charge in [0.2, 0.25) is 11.8 Å². The lowest BCUT2D eigenvalue weighted by Crippen LogP contribution is -2.50. The van der Waals surface area contributed by atoms with Crippen LogP contribution in [0.3, 0.4) is 0 Å². The van der Waals surface area contributed by atoms with Gasteiger partial charge < -0.3 is 10.2 Å². The van der Waals surface area contributed by atoms with E-state index in [1.165, 1.54) is 0 Å². The van der Waals surface area contributed by atoms with E-state index in [9.17, 15) is 9.59 Å². The second-order valence-electron chi connectivity index (χ2n) is 6.50. The molecule has 1 aromatic rings. The van der Waals surface area contributed by atoms with Gasteiger partial charge >= 0.3 is 0 Å². The molecule has 0 saturated carbocycles. The quantitative estimate of drug-likeness (QED) is 0.747. The van der Waals surface area contributed by atoms with E-state index in [2.05, 4.69) is 11.4 Å². The molecule has 0 radical (unpaired) electrons. The smallest absolute Gasteiger partial charge is 0.243 e. The van der Waals surface area contributed by atoms with E-state index >= 15 is 0 Å². The summed E-state index contributed by atoms with van der Waals surface area (Å²) in [5.41, 5.74) is 2.22. The Morgan fingerprint density at radius 1 is 1.17 bits per heavy atom. The van der Waals surface area contributed by atoms with Crippen LogP contribution in [0.25, 0.3) is 0 Å². The number of amides is 2. The molecule has 0 aliphatic heterocycles. The van der Waals surface area contributed by atoms with Crippen molar-refractivity contribution >= 4 is 11.8 Å². The highest BCUT2D eigenvalue weighted by Gasteiger charge is 2.28. The number of nitrogens with zero attached hydrogens (tertiary/aromatic N) is 1. The van der Waals surface area contributed by atoms with E-state index in [1.807, 2.05) is 52.8 Å². The number of carbonyl (C=O) groups excluding carboxylic acids is 2. The van der Waals surface area contributed by atoms with Gasteiger partial charge in [0, 0.05) is 19.0 Å². The number of nitrogens with one attached hydrogen (secondary N) is 1. The number of rotatable bonds is 9. The van der Waals surface area contributed by atoms with Gasteiger partial charge in [0.15, 0.2) is 0 Å². The highest BCUT2D eigenvalue weighted by molar-refractivity contribution is 5.87. The van der Waals surface area contributed by atoms with Crippen molar-refractivity contribution in [3.05, 3.63) is 35.4 Å². The van der Waals surface area contributed by atoms with Gasteiger partial charge in [0.1, 0.15) is 6.04 Å². The second kappa shape index (κ2) is 10.1. The molecule has 0 aliphatic rings. The molecule has 1 aromatic carbocycles. The average Bonchev–Trinajstić information content (AvgIpc) is 2.54. The zero-order valence-corrected chi connectivity index (χ0v) is 15.8. The molecule has 0 bridgehead atoms. The summed E-state index contributed by atoms with van der Waals surface area (Å²) in [6.45, 7) is 10.5. The van der Waals surface area contributed by atoms with Crippen molar-refractivity contribution in [3.63, 3.8) is 0 Å². The lowest BCUT2D eigenvalue weighted by atomic mass is 10.1. The topological polar surface area (TPSA) is 49.4 Å². The molecule has 24 heavy (non-hydrogen) atoms. The summed E-state index contributed by atoms with van der Waals surface area (Å²) in [7, 11) is 0. The molecule has 1 rings (SSSR count). The highest BCUT2D eigenvalue weighted by Crippen LogP contribution is 2.15. The number of benzene rings is 1. The highest BCUT2D eigenvalue weighted by atomic mass is 16.2. The van der Waals surface area contributed by atoms with Gasteiger partial charge in [0.25, 0.3) is 0 Å². The Balaban J connectivity index is 3.01. The third kappa shape index (κ3) is 5.99. The summed E-state index contributed by atoms with van der Waals surface area (Å²) in [5.74, 6) is -0.00545. The van der Waals surface area contributed by atoms with Gasteiger partial charge in [-0.15, -0.1) is 0 Å². The number of aryl methyl sites for hydroxylation is 1. The molecule has 0 saturated heterocycles. The van der Waals surface area contributed by atoms with Gasteiger partial charge in [-0.05, 0) is 38.7 Å². The van der Waals surface area contributed by atoms with E-state index in [1.54, 1.807) is 4.90 Å². The van der Waals surface area contributed by atoms with Crippen molar-refractivity contribution in [1.29, 1.82) is 0 Å². The molecule has 0 aromatic heterocycles. The molecular formula is C20H32N2O2. The third-order valence-corrected chi connectivity index (χ3v) is 4.29. The first-order valence-electron chi connectivity index (χ1n) is 9.08. The molecule has 0 unspecified atom stereocenters. The van der Waals surface area contributed by atoms with Crippen molar-refractivity contribution < 1.29 is 9.59 Å². The minimum absolute atomic E-state index is 0.0464. The van der Waals surface area contributed by atoms with Crippen LogP contribution in [0.15, 0.2) is 24.3 Å². The lowest BCUT2D eigenvalue weighted by Gasteiger charge is -2.31. The van der Waals surface area contributed by atoms with Crippen LogP contribution in [0.4, 0.5) is 0 Å². The second-order valence-corrected chi connectivity index (χ2v) is 6.50. The van der Waals surface area contributed by atoms with E-state index in [0.717, 1.165) is 24.0 Å². The van der Waals surface area contributed by atoms with E-state index in [4.69, 9.17) is 0 Å². The zero-order chi connectivity index (χ0) is 18.1. The fourth-order valence-corrected chi connectivity index (χ4v) is 2.73. The van der Waals surface area contributed by atoms with Crippen LogP contribution in [0, 0.1) is 6.92 Å². The van der Waals surface area contributed by atoms with Gasteiger partial charge in [-0.2, -0.15) is 0 Å². The Kier molecular flexibility index (Phi) is 8.51. The van der Waals surface area contributed by atoms with Crippen LogP contribution < -0.4 is 5.32 Å². The van der Waals surface area contributed by atoms with Crippen LogP contribution >= 0.6 is 0 Å². The molecule has 134 valence electrons. The fourth-order valence-electron chi connectivity index (χ4n) is 2.73. The van der Waals surface area contributed by atoms with Gasteiger partial charge in [-0.1, -0.05) is 50.6 Å². The monoisotopic (exact) mass is 332 g/mol. The molecule has 0 fully saturated rings. The molecule has 0 aliphatic carbocycles. The predicted molar refractivity (Wildman–Crippen MR) is 98.6 cm³/mol. The number of hydrogen-bond acceptors (Lipinski definition) is 2. The van der Waals surface area contributed by atoms with Crippen molar-refractivity contribution in [2.24, 2.45) is 0 Å². The Morgan fingerprint density at radius 2 is 1.88 bits per heavy atom. The molecular weight excluding hydrogens is 300 g/mol. The van der Waals surface area contributed by atoms with Gasteiger partial charge in [0.05, 0.1) is 0 Å². The zero-order valence-electron chi connectivity index (χ0n) is 15.8. The maximum Gasteiger partial charge on any atom is 0.243 e. The minimum atomic E-state index is -0.418. The summed E-state index contributed by atoms with van der Waals surface area (Å²) in [6.07, 6.45) is 2.75. The van der Waals surface area contributed by atoms with Crippen molar-refractivity contribution in [2.45, 2.75) is 78.9 Å².